The molecule has 0 unspecified atom stereocenters. The Labute approximate surface area is 93.9 Å². The van der Waals surface area contributed by atoms with Gasteiger partial charge in [0.1, 0.15) is 5.75 Å². The van der Waals surface area contributed by atoms with Gasteiger partial charge in [-0.25, -0.2) is 4.79 Å². The van der Waals surface area contributed by atoms with Crippen LogP contribution in [-0.4, -0.2) is 24.0 Å². The smallest absolute Gasteiger partial charge is 0.335 e. The summed E-state index contributed by atoms with van der Waals surface area (Å²) in [5.41, 5.74) is 0.435. The minimum absolute atomic E-state index is 0.0950. The molecule has 1 N–H and O–H groups in total. The molecular formula is C12H14O4. The lowest BCUT2D eigenvalue weighted by Gasteiger charge is -2.07. The first-order valence-electron chi connectivity index (χ1n) is 5.04. The fourth-order valence-electron chi connectivity index (χ4n) is 1.42. The van der Waals surface area contributed by atoms with Crippen LogP contribution in [0.3, 0.4) is 0 Å². The van der Waals surface area contributed by atoms with Gasteiger partial charge in [-0.05, 0) is 24.6 Å². The van der Waals surface area contributed by atoms with E-state index in [1.54, 1.807) is 0 Å². The third-order valence-corrected chi connectivity index (χ3v) is 2.22. The monoisotopic (exact) mass is 222 g/mol. The van der Waals surface area contributed by atoms with Gasteiger partial charge in [0, 0.05) is 6.42 Å². The number of Topliss-reactive ketones (excluding diaryl/α,β-unsaturated/α-hetero) is 1. The van der Waals surface area contributed by atoms with Crippen LogP contribution in [0.25, 0.3) is 0 Å². The maximum Gasteiger partial charge on any atom is 0.335 e. The Balaban J connectivity index is 3.16. The number of hydrogen-bond acceptors (Lipinski definition) is 3. The van der Waals surface area contributed by atoms with Crippen molar-refractivity contribution >= 4 is 11.8 Å². The fourth-order valence-corrected chi connectivity index (χ4v) is 1.42. The molecule has 1 aromatic carbocycles. The van der Waals surface area contributed by atoms with Crippen molar-refractivity contribution in [1.82, 2.24) is 0 Å². The number of aromatic carboxylic acids is 1. The molecule has 0 heterocycles. The molecule has 0 aliphatic carbocycles. The first-order chi connectivity index (χ1) is 7.60. The lowest BCUT2D eigenvalue weighted by molar-refractivity contribution is 0.0697. The van der Waals surface area contributed by atoms with Gasteiger partial charge in [-0.2, -0.15) is 0 Å². The number of carboxylic acid groups (broad SMARTS) is 1. The second-order valence-electron chi connectivity index (χ2n) is 3.39. The van der Waals surface area contributed by atoms with Crippen LogP contribution in [0.2, 0.25) is 0 Å². The number of carbonyl (C=O) groups excluding carboxylic acids is 1. The zero-order chi connectivity index (χ0) is 12.1. The molecule has 0 saturated heterocycles. The van der Waals surface area contributed by atoms with E-state index in [9.17, 15) is 9.59 Å². The van der Waals surface area contributed by atoms with E-state index in [0.29, 0.717) is 17.7 Å². The maximum atomic E-state index is 11.7. The van der Waals surface area contributed by atoms with Crippen LogP contribution in [0.1, 0.15) is 40.5 Å². The van der Waals surface area contributed by atoms with Gasteiger partial charge < -0.3 is 9.84 Å². The average Bonchev–Trinajstić information content (AvgIpc) is 2.28. The highest BCUT2D eigenvalue weighted by Gasteiger charge is 2.14. The highest BCUT2D eigenvalue weighted by Crippen LogP contribution is 2.22. The summed E-state index contributed by atoms with van der Waals surface area (Å²) < 4.78 is 5.03. The third kappa shape index (κ3) is 2.59. The van der Waals surface area contributed by atoms with Crippen LogP contribution in [-0.2, 0) is 0 Å². The molecule has 86 valence electrons. The summed E-state index contributed by atoms with van der Waals surface area (Å²) in [6.45, 7) is 1.89. The van der Waals surface area contributed by atoms with E-state index in [1.165, 1.54) is 25.3 Å². The first-order valence-corrected chi connectivity index (χ1v) is 5.04. The van der Waals surface area contributed by atoms with E-state index in [-0.39, 0.29) is 11.3 Å². The molecule has 0 aliphatic heterocycles. The predicted octanol–water partition coefficient (Wildman–Crippen LogP) is 2.38. The summed E-state index contributed by atoms with van der Waals surface area (Å²) in [6.07, 6.45) is 1.11. The van der Waals surface area contributed by atoms with Crippen LogP contribution in [0.4, 0.5) is 0 Å². The van der Waals surface area contributed by atoms with Gasteiger partial charge in [0.15, 0.2) is 5.78 Å². The standard InChI is InChI=1S/C12H14O4/c1-3-4-10(13)9-7-8(12(14)15)5-6-11(9)16-2/h5-7H,3-4H2,1-2H3,(H,14,15). The molecule has 0 spiro atoms. The number of carbonyl (C=O) groups is 2. The minimum atomic E-state index is -1.05. The second kappa shape index (κ2) is 5.30. The topological polar surface area (TPSA) is 63.6 Å². The van der Waals surface area contributed by atoms with Gasteiger partial charge in [0.25, 0.3) is 0 Å². The second-order valence-corrected chi connectivity index (χ2v) is 3.39. The fraction of sp³-hybridized carbons (Fsp3) is 0.333. The quantitative estimate of drug-likeness (QED) is 0.777. The largest absolute Gasteiger partial charge is 0.496 e. The summed E-state index contributed by atoms with van der Waals surface area (Å²) in [5.74, 6) is -0.723. The maximum absolute atomic E-state index is 11.7. The van der Waals surface area contributed by atoms with Crippen LogP contribution in [0.5, 0.6) is 5.75 Å². The van der Waals surface area contributed by atoms with Crippen LogP contribution < -0.4 is 4.74 Å². The molecule has 1 rings (SSSR count). The Morgan fingerprint density at radius 1 is 1.38 bits per heavy atom. The molecule has 0 saturated carbocycles. The van der Waals surface area contributed by atoms with Gasteiger partial charge in [-0.15, -0.1) is 0 Å². The highest BCUT2D eigenvalue weighted by molar-refractivity contribution is 6.01. The van der Waals surface area contributed by atoms with E-state index in [2.05, 4.69) is 0 Å². The molecular weight excluding hydrogens is 208 g/mol. The molecule has 0 bridgehead atoms. The molecule has 4 nitrogen and oxygen atoms in total. The number of ketones is 1. The molecule has 4 heteroatoms. The molecule has 1 aromatic rings. The van der Waals surface area contributed by atoms with E-state index in [0.717, 1.165) is 6.42 Å². The van der Waals surface area contributed by atoms with Crippen molar-refractivity contribution in [2.75, 3.05) is 7.11 Å². The average molecular weight is 222 g/mol. The van der Waals surface area contributed by atoms with Gasteiger partial charge in [0.05, 0.1) is 18.2 Å². The molecule has 0 fully saturated rings. The zero-order valence-electron chi connectivity index (χ0n) is 9.32. The van der Waals surface area contributed by atoms with Gasteiger partial charge in [0.2, 0.25) is 0 Å². The number of methoxy groups -OCH3 is 1. The van der Waals surface area contributed by atoms with E-state index in [1.807, 2.05) is 6.92 Å². The summed E-state index contributed by atoms with van der Waals surface area (Å²) >= 11 is 0. The number of benzene rings is 1. The third-order valence-electron chi connectivity index (χ3n) is 2.22. The Hall–Kier alpha value is -1.84. The summed E-state index contributed by atoms with van der Waals surface area (Å²) in [4.78, 5) is 22.5. The number of hydrogen-bond donors (Lipinski definition) is 1. The summed E-state index contributed by atoms with van der Waals surface area (Å²) in [6, 6.07) is 4.29. The molecule has 16 heavy (non-hydrogen) atoms. The van der Waals surface area contributed by atoms with Gasteiger partial charge in [-0.3, -0.25) is 4.79 Å². The number of ether oxygens (including phenoxy) is 1. The Kier molecular flexibility index (Phi) is 4.05. The van der Waals surface area contributed by atoms with Gasteiger partial charge >= 0.3 is 5.97 Å². The summed E-state index contributed by atoms with van der Waals surface area (Å²) in [5, 5.41) is 8.83. The van der Waals surface area contributed by atoms with Crippen molar-refractivity contribution in [2.24, 2.45) is 0 Å². The highest BCUT2D eigenvalue weighted by atomic mass is 16.5. The van der Waals surface area contributed by atoms with Crippen LogP contribution in [0, 0.1) is 0 Å². The van der Waals surface area contributed by atoms with E-state index < -0.39 is 5.97 Å². The number of rotatable bonds is 5. The molecule has 0 amide bonds. The molecule has 0 aromatic heterocycles. The van der Waals surface area contributed by atoms with Gasteiger partial charge in [-0.1, -0.05) is 6.92 Å². The Morgan fingerprint density at radius 3 is 2.56 bits per heavy atom. The minimum Gasteiger partial charge on any atom is -0.496 e. The molecule has 0 radical (unpaired) electrons. The van der Waals surface area contributed by atoms with Crippen LogP contribution in [0.15, 0.2) is 18.2 Å². The molecule has 0 aliphatic rings. The lowest BCUT2D eigenvalue weighted by Crippen LogP contribution is -2.05. The van der Waals surface area contributed by atoms with Crippen molar-refractivity contribution in [1.29, 1.82) is 0 Å². The first kappa shape index (κ1) is 12.2. The number of carboxylic acids is 1. The van der Waals surface area contributed by atoms with E-state index >= 15 is 0 Å². The SMILES string of the molecule is CCCC(=O)c1cc(C(=O)O)ccc1OC. The zero-order valence-corrected chi connectivity index (χ0v) is 9.32. The Morgan fingerprint density at radius 2 is 2.06 bits per heavy atom. The van der Waals surface area contributed by atoms with Crippen molar-refractivity contribution in [3.8, 4) is 5.75 Å². The van der Waals surface area contributed by atoms with Crippen molar-refractivity contribution in [3.63, 3.8) is 0 Å². The van der Waals surface area contributed by atoms with Crippen LogP contribution >= 0.6 is 0 Å². The normalized spacial score (nSPS) is 9.88. The lowest BCUT2D eigenvalue weighted by atomic mass is 10.0. The summed E-state index contributed by atoms with van der Waals surface area (Å²) in [7, 11) is 1.46. The van der Waals surface area contributed by atoms with E-state index in [4.69, 9.17) is 9.84 Å². The van der Waals surface area contributed by atoms with Crippen molar-refractivity contribution in [2.45, 2.75) is 19.8 Å². The predicted molar refractivity (Wildman–Crippen MR) is 59.2 cm³/mol. The van der Waals surface area contributed by atoms with Crippen molar-refractivity contribution in [3.05, 3.63) is 29.3 Å². The van der Waals surface area contributed by atoms with Crippen molar-refractivity contribution < 1.29 is 19.4 Å². The molecule has 0 atom stereocenters. The Bertz CT molecular complexity index is 409.